The van der Waals surface area contributed by atoms with Gasteiger partial charge in [-0.05, 0) is 43.7 Å². The molecule has 1 aromatic carbocycles. The number of fused-ring (bicyclic) bond motifs is 2. The van der Waals surface area contributed by atoms with Crippen LogP contribution in [0.5, 0.6) is 0 Å². The number of amides is 1. The largest absolute Gasteiger partial charge is 0.462 e. The molecule has 5 rings (SSSR count). The summed E-state index contributed by atoms with van der Waals surface area (Å²) in [6.07, 6.45) is 1.99. The first-order valence-electron chi connectivity index (χ1n) is 12.3. The summed E-state index contributed by atoms with van der Waals surface area (Å²) in [6.45, 7) is 4.09. The fourth-order valence-corrected chi connectivity index (χ4v) is 6.08. The lowest BCUT2D eigenvalue weighted by atomic mass is 9.85. The molecule has 0 fully saturated rings. The predicted molar refractivity (Wildman–Crippen MR) is 137 cm³/mol. The number of benzene rings is 1. The number of esters is 1. The maximum Gasteiger partial charge on any atom is 0.341 e. The summed E-state index contributed by atoms with van der Waals surface area (Å²) in [5, 5.41) is 7.28. The van der Waals surface area contributed by atoms with Crippen molar-refractivity contribution >= 4 is 33.9 Å². The Balaban J connectivity index is 1.56. The summed E-state index contributed by atoms with van der Waals surface area (Å²) in [7, 11) is 0. The van der Waals surface area contributed by atoms with E-state index in [-0.39, 0.29) is 23.5 Å². The van der Waals surface area contributed by atoms with Gasteiger partial charge >= 0.3 is 5.97 Å². The molecule has 3 heterocycles. The molecule has 0 bridgehead atoms. The number of rotatable bonds is 7. The zero-order chi connectivity index (χ0) is 26.1. The first kappa shape index (κ1) is 25.0. The highest BCUT2D eigenvalue weighted by atomic mass is 32.1. The summed E-state index contributed by atoms with van der Waals surface area (Å²) in [4.78, 5) is 31.9. The number of thiophene rings is 1. The molecule has 4 aromatic rings. The third kappa shape index (κ3) is 4.73. The lowest BCUT2D eigenvalue weighted by Crippen LogP contribution is -2.17. The Bertz CT molecular complexity index is 1470. The van der Waals surface area contributed by atoms with Crippen LogP contribution in [0.3, 0.4) is 0 Å². The van der Waals surface area contributed by atoms with Crippen molar-refractivity contribution in [1.29, 1.82) is 0 Å². The number of alkyl halides is 2. The minimum absolute atomic E-state index is 0.0132. The molecule has 1 atom stereocenters. The molecule has 1 amide bonds. The Morgan fingerprint density at radius 3 is 2.73 bits per heavy atom. The van der Waals surface area contributed by atoms with Gasteiger partial charge in [0.25, 0.3) is 12.3 Å². The second-order valence-electron chi connectivity index (χ2n) is 8.93. The van der Waals surface area contributed by atoms with Crippen LogP contribution in [-0.4, -0.2) is 33.1 Å². The van der Waals surface area contributed by atoms with E-state index in [9.17, 15) is 18.4 Å². The number of hydrogen-bond donors (Lipinski definition) is 1. The predicted octanol–water partition coefficient (Wildman–Crippen LogP) is 6.34. The number of anilines is 1. The lowest BCUT2D eigenvalue weighted by molar-refractivity contribution is 0.0526. The molecule has 0 aliphatic heterocycles. The molecule has 0 radical (unpaired) electrons. The first-order chi connectivity index (χ1) is 17.9. The minimum atomic E-state index is -2.82. The molecule has 3 aromatic heterocycles. The average molecular weight is 525 g/mol. The molecule has 37 heavy (non-hydrogen) atoms. The number of ether oxygens (including phenoxy) is 1. The van der Waals surface area contributed by atoms with Crippen molar-refractivity contribution in [3.05, 3.63) is 69.9 Å². The van der Waals surface area contributed by atoms with Crippen molar-refractivity contribution < 1.29 is 23.1 Å². The van der Waals surface area contributed by atoms with Crippen LogP contribution < -0.4 is 5.32 Å². The van der Waals surface area contributed by atoms with E-state index in [0.717, 1.165) is 40.6 Å². The molecule has 0 saturated heterocycles. The van der Waals surface area contributed by atoms with E-state index in [1.165, 1.54) is 23.6 Å². The summed E-state index contributed by atoms with van der Waals surface area (Å²) >= 11 is 1.37. The minimum Gasteiger partial charge on any atom is -0.462 e. The second-order valence-corrected chi connectivity index (χ2v) is 10.0. The normalized spacial score (nSPS) is 15.1. The fourth-order valence-electron chi connectivity index (χ4n) is 4.74. The molecular formula is C27H26F2N4O3S. The highest BCUT2D eigenvalue weighted by molar-refractivity contribution is 7.17. The second kappa shape index (κ2) is 10.4. The van der Waals surface area contributed by atoms with Crippen LogP contribution in [0, 0.1) is 5.92 Å². The van der Waals surface area contributed by atoms with Gasteiger partial charge in [-0.1, -0.05) is 43.7 Å². The van der Waals surface area contributed by atoms with Gasteiger partial charge in [0, 0.05) is 10.4 Å². The van der Waals surface area contributed by atoms with E-state index in [0.29, 0.717) is 27.7 Å². The number of aromatic nitrogens is 3. The molecule has 0 spiro atoms. The van der Waals surface area contributed by atoms with Gasteiger partial charge in [-0.3, -0.25) is 4.79 Å². The smallest absolute Gasteiger partial charge is 0.341 e. The molecule has 192 valence electrons. The zero-order valence-corrected chi connectivity index (χ0v) is 21.3. The molecule has 10 heteroatoms. The number of halogens is 2. The van der Waals surface area contributed by atoms with Gasteiger partial charge in [0.15, 0.2) is 5.65 Å². The van der Waals surface area contributed by atoms with Crippen LogP contribution in [0.25, 0.3) is 16.9 Å². The van der Waals surface area contributed by atoms with Gasteiger partial charge in [0.05, 0.1) is 24.1 Å². The van der Waals surface area contributed by atoms with Gasteiger partial charge in [-0.2, -0.15) is 5.10 Å². The Morgan fingerprint density at radius 2 is 2.03 bits per heavy atom. The molecule has 0 saturated carbocycles. The van der Waals surface area contributed by atoms with E-state index in [1.807, 2.05) is 6.07 Å². The molecule has 1 aliphatic rings. The highest BCUT2D eigenvalue weighted by Gasteiger charge is 2.31. The van der Waals surface area contributed by atoms with Crippen molar-refractivity contribution in [2.24, 2.45) is 5.92 Å². The summed E-state index contributed by atoms with van der Waals surface area (Å²) < 4.78 is 34.1. The van der Waals surface area contributed by atoms with Gasteiger partial charge in [-0.15, -0.1) is 11.3 Å². The van der Waals surface area contributed by atoms with Crippen molar-refractivity contribution in [2.45, 2.75) is 46.0 Å². The molecule has 0 unspecified atom stereocenters. The van der Waals surface area contributed by atoms with Crippen molar-refractivity contribution in [3.63, 3.8) is 0 Å². The average Bonchev–Trinajstić information content (AvgIpc) is 3.49. The third-order valence-electron chi connectivity index (χ3n) is 6.69. The van der Waals surface area contributed by atoms with E-state index in [1.54, 1.807) is 31.2 Å². The monoisotopic (exact) mass is 524 g/mol. The molecular weight excluding hydrogens is 498 g/mol. The summed E-state index contributed by atoms with van der Waals surface area (Å²) in [6, 6.07) is 10.2. The molecule has 1 aliphatic carbocycles. The fraction of sp³-hybridized carbons (Fsp3) is 0.333. The zero-order valence-electron chi connectivity index (χ0n) is 20.5. The summed E-state index contributed by atoms with van der Waals surface area (Å²) in [5.41, 5.74) is 1.93. The lowest BCUT2D eigenvalue weighted by Gasteiger charge is -2.20. The maximum absolute atomic E-state index is 13.9. The van der Waals surface area contributed by atoms with E-state index in [4.69, 9.17) is 4.74 Å². The van der Waals surface area contributed by atoms with Crippen LogP contribution in [0.4, 0.5) is 13.8 Å². The topological polar surface area (TPSA) is 85.6 Å². The Morgan fingerprint density at radius 1 is 1.24 bits per heavy atom. The number of nitrogens with one attached hydrogen (secondary N) is 1. The van der Waals surface area contributed by atoms with E-state index < -0.39 is 18.3 Å². The standard InChI is InChI=1S/C27H26F2N4O3S/c1-3-15-10-11-17-21(12-15)37-26(22(17)27(35)36-4-2)32-25(34)18-14-30-33-20(23(28)29)13-19(31-24(18)33)16-8-6-5-7-9-16/h5-9,13-15,23H,3-4,10-12H2,1-2H3,(H,32,34)/t15-/m0/s1. The van der Waals surface area contributed by atoms with E-state index >= 15 is 0 Å². The van der Waals surface area contributed by atoms with Crippen LogP contribution in [0.1, 0.15) is 70.0 Å². The first-order valence-corrected chi connectivity index (χ1v) is 13.1. The van der Waals surface area contributed by atoms with Gasteiger partial charge in [0.1, 0.15) is 16.3 Å². The number of carbonyl (C=O) groups is 2. The van der Waals surface area contributed by atoms with Crippen LogP contribution >= 0.6 is 11.3 Å². The molecule has 7 nitrogen and oxygen atoms in total. The van der Waals surface area contributed by atoms with Crippen LogP contribution in [0.2, 0.25) is 0 Å². The third-order valence-corrected chi connectivity index (χ3v) is 7.86. The quantitative estimate of drug-likeness (QED) is 0.285. The van der Waals surface area contributed by atoms with Crippen molar-refractivity contribution in [1.82, 2.24) is 14.6 Å². The Kier molecular flexibility index (Phi) is 7.01. The van der Waals surface area contributed by atoms with Gasteiger partial charge in [0.2, 0.25) is 0 Å². The van der Waals surface area contributed by atoms with Gasteiger partial charge < -0.3 is 10.1 Å². The van der Waals surface area contributed by atoms with Crippen LogP contribution in [-0.2, 0) is 17.6 Å². The highest BCUT2D eigenvalue weighted by Crippen LogP contribution is 2.41. The van der Waals surface area contributed by atoms with Crippen LogP contribution in [0.15, 0.2) is 42.6 Å². The van der Waals surface area contributed by atoms with Crippen molar-refractivity contribution in [2.75, 3.05) is 11.9 Å². The van der Waals surface area contributed by atoms with Crippen molar-refractivity contribution in [3.8, 4) is 11.3 Å². The number of hydrogen-bond acceptors (Lipinski definition) is 6. The maximum atomic E-state index is 13.9. The number of nitrogens with zero attached hydrogens (tertiary/aromatic N) is 3. The Hall–Kier alpha value is -3.66. The molecule has 1 N–H and O–H groups in total. The number of carbonyl (C=O) groups excluding carboxylic acids is 2. The summed E-state index contributed by atoms with van der Waals surface area (Å²) in [5.74, 6) is -0.531. The Labute approximate surface area is 216 Å². The van der Waals surface area contributed by atoms with E-state index in [2.05, 4.69) is 22.3 Å². The van der Waals surface area contributed by atoms with Gasteiger partial charge in [-0.25, -0.2) is 23.1 Å². The SMILES string of the molecule is CCOC(=O)c1c(NC(=O)c2cnn3c(C(F)F)cc(-c4ccccc4)nc23)sc2c1CC[C@H](CC)C2.